The molecule has 0 unspecified atom stereocenters. The number of pyridine rings is 1. The SMILES string of the molecule is N#Cc1cccc(CS(=O)(=O)Nc2ccnc(Cl)c2)c1. The summed E-state index contributed by atoms with van der Waals surface area (Å²) in [5.41, 5.74) is 1.31. The van der Waals surface area contributed by atoms with Crippen molar-refractivity contribution in [1.29, 1.82) is 5.26 Å². The minimum atomic E-state index is -3.58. The molecular weight excluding hydrogens is 298 g/mol. The number of halogens is 1. The van der Waals surface area contributed by atoms with Crippen LogP contribution in [0.15, 0.2) is 42.6 Å². The summed E-state index contributed by atoms with van der Waals surface area (Å²) in [5.74, 6) is -0.220. The Labute approximate surface area is 121 Å². The maximum Gasteiger partial charge on any atom is 0.236 e. The van der Waals surface area contributed by atoms with E-state index in [1.54, 1.807) is 24.3 Å². The lowest BCUT2D eigenvalue weighted by Gasteiger charge is -2.08. The first-order valence-electron chi connectivity index (χ1n) is 5.59. The molecular formula is C13H10ClN3O2S. The van der Waals surface area contributed by atoms with Crippen molar-refractivity contribution in [2.75, 3.05) is 4.72 Å². The fourth-order valence-corrected chi connectivity index (χ4v) is 2.98. The predicted molar refractivity (Wildman–Crippen MR) is 76.7 cm³/mol. The van der Waals surface area contributed by atoms with Crippen molar-refractivity contribution in [3.8, 4) is 6.07 Å². The number of rotatable bonds is 4. The summed E-state index contributed by atoms with van der Waals surface area (Å²) in [7, 11) is -3.58. The minimum Gasteiger partial charge on any atom is -0.283 e. The zero-order chi connectivity index (χ0) is 14.6. The van der Waals surface area contributed by atoms with Crippen molar-refractivity contribution in [1.82, 2.24) is 4.98 Å². The third-order valence-electron chi connectivity index (χ3n) is 2.41. The van der Waals surface area contributed by atoms with E-state index in [0.29, 0.717) is 16.8 Å². The summed E-state index contributed by atoms with van der Waals surface area (Å²) < 4.78 is 26.5. The Morgan fingerprint density at radius 2 is 2.10 bits per heavy atom. The molecule has 1 aromatic heterocycles. The molecule has 20 heavy (non-hydrogen) atoms. The Morgan fingerprint density at radius 3 is 2.80 bits per heavy atom. The molecule has 0 atom stereocenters. The molecule has 2 aromatic rings. The van der Waals surface area contributed by atoms with Gasteiger partial charge in [-0.05, 0) is 29.8 Å². The Kier molecular flexibility index (Phi) is 4.23. The van der Waals surface area contributed by atoms with E-state index < -0.39 is 10.0 Å². The largest absolute Gasteiger partial charge is 0.283 e. The van der Waals surface area contributed by atoms with Crippen LogP contribution in [0.1, 0.15) is 11.1 Å². The van der Waals surface area contributed by atoms with Crippen molar-refractivity contribution < 1.29 is 8.42 Å². The standard InChI is InChI=1S/C13H10ClN3O2S/c14-13-7-12(4-5-16-13)17-20(18,19)9-11-3-1-2-10(6-11)8-15/h1-7H,9H2,(H,16,17). The van der Waals surface area contributed by atoms with E-state index in [4.69, 9.17) is 16.9 Å². The van der Waals surface area contributed by atoms with Crippen LogP contribution >= 0.6 is 11.6 Å². The van der Waals surface area contributed by atoms with E-state index in [1.165, 1.54) is 18.3 Å². The van der Waals surface area contributed by atoms with E-state index in [9.17, 15) is 8.42 Å². The van der Waals surface area contributed by atoms with Crippen LogP contribution in [0.3, 0.4) is 0 Å². The molecule has 0 aliphatic heterocycles. The summed E-state index contributed by atoms with van der Waals surface area (Å²) in [6.07, 6.45) is 1.41. The topological polar surface area (TPSA) is 82.8 Å². The summed E-state index contributed by atoms with van der Waals surface area (Å²) in [5, 5.41) is 8.99. The molecule has 1 N–H and O–H groups in total. The fraction of sp³-hybridized carbons (Fsp3) is 0.0769. The molecule has 5 nitrogen and oxygen atoms in total. The lowest BCUT2D eigenvalue weighted by molar-refractivity contribution is 0.600. The summed E-state index contributed by atoms with van der Waals surface area (Å²) >= 11 is 5.69. The van der Waals surface area contributed by atoms with Crippen molar-refractivity contribution in [3.63, 3.8) is 0 Å². The number of hydrogen-bond donors (Lipinski definition) is 1. The van der Waals surface area contributed by atoms with E-state index in [1.807, 2.05) is 6.07 Å². The Morgan fingerprint density at radius 1 is 1.30 bits per heavy atom. The molecule has 0 spiro atoms. The van der Waals surface area contributed by atoms with Gasteiger partial charge in [0.25, 0.3) is 0 Å². The number of anilines is 1. The number of nitriles is 1. The molecule has 7 heteroatoms. The van der Waals surface area contributed by atoms with Gasteiger partial charge in [-0.15, -0.1) is 0 Å². The van der Waals surface area contributed by atoms with Crippen LogP contribution in [-0.4, -0.2) is 13.4 Å². The first-order chi connectivity index (χ1) is 9.48. The van der Waals surface area contributed by atoms with Gasteiger partial charge in [-0.3, -0.25) is 4.72 Å². The number of hydrogen-bond acceptors (Lipinski definition) is 4. The van der Waals surface area contributed by atoms with Gasteiger partial charge in [0.2, 0.25) is 10.0 Å². The Balaban J connectivity index is 2.17. The number of sulfonamides is 1. The van der Waals surface area contributed by atoms with Crippen molar-refractivity contribution >= 4 is 27.3 Å². The number of nitrogens with zero attached hydrogens (tertiary/aromatic N) is 2. The van der Waals surface area contributed by atoms with E-state index in [2.05, 4.69) is 9.71 Å². The summed E-state index contributed by atoms with van der Waals surface area (Å²) in [6, 6.07) is 11.4. The van der Waals surface area contributed by atoms with Gasteiger partial charge < -0.3 is 0 Å². The maximum absolute atomic E-state index is 12.0. The Bertz CT molecular complexity index is 769. The highest BCUT2D eigenvalue weighted by atomic mass is 35.5. The molecule has 102 valence electrons. The molecule has 0 bridgehead atoms. The molecule has 1 heterocycles. The van der Waals surface area contributed by atoms with Gasteiger partial charge in [-0.2, -0.15) is 5.26 Å². The molecule has 0 aliphatic carbocycles. The van der Waals surface area contributed by atoms with Crippen LogP contribution in [-0.2, 0) is 15.8 Å². The van der Waals surface area contributed by atoms with Crippen LogP contribution in [0, 0.1) is 11.3 Å². The van der Waals surface area contributed by atoms with Crippen molar-refractivity contribution in [3.05, 3.63) is 58.9 Å². The number of aromatic nitrogens is 1. The van der Waals surface area contributed by atoms with Gasteiger partial charge in [-0.25, -0.2) is 13.4 Å². The van der Waals surface area contributed by atoms with E-state index in [0.717, 1.165) is 0 Å². The number of benzene rings is 1. The molecule has 0 saturated carbocycles. The smallest absolute Gasteiger partial charge is 0.236 e. The zero-order valence-electron chi connectivity index (χ0n) is 10.2. The van der Waals surface area contributed by atoms with Gasteiger partial charge in [0.1, 0.15) is 5.15 Å². The van der Waals surface area contributed by atoms with E-state index >= 15 is 0 Å². The van der Waals surface area contributed by atoms with Crippen LogP contribution < -0.4 is 4.72 Å². The number of nitrogens with one attached hydrogen (secondary N) is 1. The first-order valence-corrected chi connectivity index (χ1v) is 7.63. The summed E-state index contributed by atoms with van der Waals surface area (Å²) in [4.78, 5) is 3.77. The van der Waals surface area contributed by atoms with Crippen LogP contribution in [0.4, 0.5) is 5.69 Å². The Hall–Kier alpha value is -2.10. The second kappa shape index (κ2) is 5.90. The molecule has 0 saturated heterocycles. The first kappa shape index (κ1) is 14.3. The molecule has 2 rings (SSSR count). The van der Waals surface area contributed by atoms with Gasteiger partial charge in [0.05, 0.1) is 23.1 Å². The summed E-state index contributed by atoms with van der Waals surface area (Å²) in [6.45, 7) is 0. The van der Waals surface area contributed by atoms with Gasteiger partial charge in [0.15, 0.2) is 0 Å². The van der Waals surface area contributed by atoms with E-state index in [-0.39, 0.29) is 10.9 Å². The minimum absolute atomic E-state index is 0.205. The fourth-order valence-electron chi connectivity index (χ4n) is 1.63. The molecule has 1 aromatic carbocycles. The normalized spacial score (nSPS) is 10.8. The van der Waals surface area contributed by atoms with Crippen LogP contribution in [0.25, 0.3) is 0 Å². The second-order valence-electron chi connectivity index (χ2n) is 4.04. The lowest BCUT2D eigenvalue weighted by atomic mass is 10.2. The van der Waals surface area contributed by atoms with Crippen LogP contribution in [0.5, 0.6) is 0 Å². The third-order valence-corrected chi connectivity index (χ3v) is 3.88. The molecule has 0 radical (unpaired) electrons. The van der Waals surface area contributed by atoms with Gasteiger partial charge in [-0.1, -0.05) is 23.7 Å². The zero-order valence-corrected chi connectivity index (χ0v) is 11.8. The van der Waals surface area contributed by atoms with Crippen molar-refractivity contribution in [2.24, 2.45) is 0 Å². The third kappa shape index (κ3) is 3.95. The highest BCUT2D eigenvalue weighted by Gasteiger charge is 2.12. The predicted octanol–water partition coefficient (Wildman–Crippen LogP) is 2.55. The molecule has 0 amide bonds. The van der Waals surface area contributed by atoms with Gasteiger partial charge >= 0.3 is 0 Å². The van der Waals surface area contributed by atoms with Crippen LogP contribution in [0.2, 0.25) is 5.15 Å². The maximum atomic E-state index is 12.0. The van der Waals surface area contributed by atoms with Gasteiger partial charge in [0, 0.05) is 6.20 Å². The second-order valence-corrected chi connectivity index (χ2v) is 6.15. The van der Waals surface area contributed by atoms with Crippen molar-refractivity contribution in [2.45, 2.75) is 5.75 Å². The molecule has 0 fully saturated rings. The molecule has 0 aliphatic rings. The average molecular weight is 308 g/mol. The average Bonchev–Trinajstić information content (AvgIpc) is 2.37. The quantitative estimate of drug-likeness (QED) is 0.880. The highest BCUT2D eigenvalue weighted by Crippen LogP contribution is 2.16. The highest BCUT2D eigenvalue weighted by molar-refractivity contribution is 7.91. The monoisotopic (exact) mass is 307 g/mol. The lowest BCUT2D eigenvalue weighted by Crippen LogP contribution is -2.15.